The van der Waals surface area contributed by atoms with Crippen molar-refractivity contribution >= 4 is 41.8 Å². The largest absolute Gasteiger partial charge is 0.344 e. The lowest BCUT2D eigenvalue weighted by molar-refractivity contribution is -0.384. The Kier molecular flexibility index (Phi) is 15.2. The van der Waals surface area contributed by atoms with Gasteiger partial charge in [-0.2, -0.15) is 15.0 Å². The van der Waals surface area contributed by atoms with Crippen LogP contribution in [0.3, 0.4) is 0 Å². The van der Waals surface area contributed by atoms with Crippen LogP contribution < -0.4 is 45.3 Å². The average molecular weight is 512 g/mol. The van der Waals surface area contributed by atoms with Gasteiger partial charge in [0.1, 0.15) is 0 Å². The van der Waals surface area contributed by atoms with Crippen LogP contribution >= 0.6 is 12.4 Å². The number of nitro groups is 1. The minimum atomic E-state index is -0.483. The number of pyridine rings is 1. The fourth-order valence-electron chi connectivity index (χ4n) is 3.64. The monoisotopic (exact) mass is 511 g/mol. The van der Waals surface area contributed by atoms with Gasteiger partial charge in [-0.1, -0.05) is 0 Å². The van der Waals surface area contributed by atoms with Gasteiger partial charge < -0.3 is 34.4 Å². The van der Waals surface area contributed by atoms with E-state index in [0.717, 1.165) is 51.9 Å². The quantitative estimate of drug-likeness (QED) is 0.227. The van der Waals surface area contributed by atoms with E-state index in [1.54, 1.807) is 0 Å². The first kappa shape index (κ1) is 33.1. The fourth-order valence-corrected chi connectivity index (χ4v) is 3.64. The first-order chi connectivity index (χ1) is 14.2. The Morgan fingerprint density at radius 2 is 1.32 bits per heavy atom. The average Bonchev–Trinajstić information content (AvgIpc) is 2.79. The predicted molar refractivity (Wildman–Crippen MR) is 146 cm³/mol. The first-order valence-corrected chi connectivity index (χ1v) is 10.1. The number of halogens is 1. The highest BCUT2D eigenvalue weighted by Gasteiger charge is 2.21. The van der Waals surface area contributed by atoms with E-state index in [0.29, 0.717) is 17.8 Å². The number of hydrogen-bond acceptors (Lipinski definition) is 14. The van der Waals surface area contributed by atoms with Gasteiger partial charge in [0.15, 0.2) is 0 Å². The maximum absolute atomic E-state index is 11.2. The van der Waals surface area contributed by atoms with Crippen LogP contribution in [0.25, 0.3) is 0 Å². The van der Waals surface area contributed by atoms with Gasteiger partial charge in [0.05, 0.1) is 4.92 Å². The molecular formula is C18H46ClN13O2. The van der Waals surface area contributed by atoms with Crippen molar-refractivity contribution in [3.05, 3.63) is 28.4 Å². The van der Waals surface area contributed by atoms with Crippen molar-refractivity contribution in [2.75, 3.05) is 46.8 Å². The molecule has 14 N–H and O–H groups in total. The van der Waals surface area contributed by atoms with Crippen molar-refractivity contribution in [2.24, 2.45) is 0 Å². The highest BCUT2D eigenvalue weighted by Crippen LogP contribution is 2.24. The van der Waals surface area contributed by atoms with Crippen LogP contribution in [0.4, 0.5) is 29.4 Å². The van der Waals surface area contributed by atoms with Gasteiger partial charge in [-0.25, -0.2) is 4.98 Å². The Morgan fingerprint density at radius 1 is 0.824 bits per heavy atom. The molecule has 16 heteroatoms. The molecule has 2 saturated heterocycles. The standard InChI is InChI=1S/C18H25N9O2.ClH.4H3N.4H2/c28-27(29)14-8-7-9-19-15(14)23-24-16-20-17(25-10-3-1-4-11-25)22-18(21-16)26-12-5-2-6-13-26;;;;;;;;;/h7-9H,1-6,10-13H2,(H,19,23)(H,20,21,22,24);1H;4*1H3;4*1H. The zero-order chi connectivity index (χ0) is 20.1. The zero-order valence-corrected chi connectivity index (χ0v) is 20.3. The van der Waals surface area contributed by atoms with E-state index in [-0.39, 0.29) is 54.2 Å². The van der Waals surface area contributed by atoms with Crippen molar-refractivity contribution in [1.82, 2.24) is 44.5 Å². The number of nitrogens with one attached hydrogen (secondary N) is 2. The number of rotatable bonds is 6. The maximum Gasteiger partial charge on any atom is 0.313 e. The second kappa shape index (κ2) is 15.7. The highest BCUT2D eigenvalue weighted by molar-refractivity contribution is 5.85. The normalized spacial score (nSPS) is 14.6. The van der Waals surface area contributed by atoms with Crippen molar-refractivity contribution in [3.63, 3.8) is 0 Å². The molecule has 0 aliphatic carbocycles. The predicted octanol–water partition coefficient (Wildman–Crippen LogP) is 4.65. The van der Waals surface area contributed by atoms with E-state index in [1.165, 1.54) is 31.2 Å². The molecule has 15 nitrogen and oxygen atoms in total. The Bertz CT molecular complexity index is 846. The zero-order valence-electron chi connectivity index (χ0n) is 19.5. The number of piperidine rings is 2. The van der Waals surface area contributed by atoms with Crippen molar-refractivity contribution in [3.8, 4) is 0 Å². The third-order valence-electron chi connectivity index (χ3n) is 5.17. The summed E-state index contributed by atoms with van der Waals surface area (Å²) in [4.78, 5) is 32.9. The lowest BCUT2D eigenvalue weighted by atomic mass is 10.1. The molecule has 0 amide bonds. The summed E-state index contributed by atoms with van der Waals surface area (Å²) in [5.41, 5.74) is 5.54. The van der Waals surface area contributed by atoms with E-state index >= 15 is 0 Å². The van der Waals surface area contributed by atoms with Crippen LogP contribution in [0, 0.1) is 10.1 Å². The molecule has 0 saturated carbocycles. The lowest BCUT2D eigenvalue weighted by Crippen LogP contribution is -2.34. The van der Waals surface area contributed by atoms with Gasteiger partial charge in [0, 0.05) is 44.1 Å². The smallest absolute Gasteiger partial charge is 0.313 e. The number of hydrazine groups is 1. The molecule has 0 unspecified atom stereocenters. The van der Waals surface area contributed by atoms with Crippen LogP contribution in [0.15, 0.2) is 18.3 Å². The lowest BCUT2D eigenvalue weighted by Gasteiger charge is -2.30. The molecule has 2 aliphatic heterocycles. The molecule has 0 aromatic carbocycles. The first-order valence-electron chi connectivity index (χ1n) is 10.1. The third-order valence-corrected chi connectivity index (χ3v) is 5.17. The third kappa shape index (κ3) is 8.03. The summed E-state index contributed by atoms with van der Waals surface area (Å²) in [7, 11) is 0. The molecule has 0 radical (unpaired) electrons. The van der Waals surface area contributed by atoms with Gasteiger partial charge in [0.25, 0.3) is 0 Å². The summed E-state index contributed by atoms with van der Waals surface area (Å²) < 4.78 is 0. The molecule has 2 aliphatic rings. The summed E-state index contributed by atoms with van der Waals surface area (Å²) in [5.74, 6) is 1.71. The van der Waals surface area contributed by atoms with Crippen LogP contribution in [-0.4, -0.2) is 51.0 Å². The van der Waals surface area contributed by atoms with E-state index in [9.17, 15) is 10.1 Å². The van der Waals surface area contributed by atoms with Gasteiger partial charge in [-0.15, -0.1) is 12.4 Å². The van der Waals surface area contributed by atoms with Crippen molar-refractivity contribution in [2.45, 2.75) is 38.5 Å². The van der Waals surface area contributed by atoms with Crippen molar-refractivity contribution < 1.29 is 10.6 Å². The van der Waals surface area contributed by atoms with Gasteiger partial charge in [0.2, 0.25) is 23.7 Å². The molecule has 34 heavy (non-hydrogen) atoms. The van der Waals surface area contributed by atoms with Crippen molar-refractivity contribution in [1.29, 1.82) is 0 Å². The number of hydrogen-bond donors (Lipinski definition) is 6. The van der Waals surface area contributed by atoms with E-state index in [4.69, 9.17) is 4.98 Å². The minimum Gasteiger partial charge on any atom is -0.344 e. The van der Waals surface area contributed by atoms with Crippen LogP contribution in [0.1, 0.15) is 44.2 Å². The molecule has 202 valence electrons. The molecular weight excluding hydrogens is 466 g/mol. The van der Waals surface area contributed by atoms with E-state index < -0.39 is 4.92 Å². The molecule has 0 atom stereocenters. The Labute approximate surface area is 211 Å². The molecule has 2 aromatic heterocycles. The van der Waals surface area contributed by atoms with Crippen LogP contribution in [0.5, 0.6) is 0 Å². The Morgan fingerprint density at radius 3 is 1.79 bits per heavy atom. The van der Waals surface area contributed by atoms with Gasteiger partial charge in [-0.05, 0) is 44.6 Å². The van der Waals surface area contributed by atoms with E-state index in [1.807, 2.05) is 0 Å². The topological polar surface area (TPSA) is 265 Å². The van der Waals surface area contributed by atoms with E-state index in [2.05, 4.69) is 35.6 Å². The summed E-state index contributed by atoms with van der Waals surface area (Å²) in [6.45, 7) is 3.67. The fraction of sp³-hybridized carbons (Fsp3) is 0.556. The van der Waals surface area contributed by atoms with Crippen LogP contribution in [-0.2, 0) is 0 Å². The summed E-state index contributed by atoms with van der Waals surface area (Å²) in [6.07, 6.45) is 8.39. The molecule has 0 bridgehead atoms. The second-order valence-corrected chi connectivity index (χ2v) is 7.23. The molecule has 2 fully saturated rings. The summed E-state index contributed by atoms with van der Waals surface area (Å²) in [6, 6.07) is 2.91. The highest BCUT2D eigenvalue weighted by atomic mass is 35.5. The number of aromatic nitrogens is 4. The molecule has 2 aromatic rings. The van der Waals surface area contributed by atoms with Gasteiger partial charge >= 0.3 is 5.69 Å². The Balaban J connectivity index is -0.000000284. The Hall–Kier alpha value is -3.11. The van der Waals surface area contributed by atoms with Gasteiger partial charge in [-0.3, -0.25) is 21.0 Å². The SMILES string of the molecule is Cl.N.N.N.N.O=[N+]([O-])c1cccnc1NNc1nc(N2CCCCC2)nc(N2CCCCC2)n1.[HH].[HH].[HH].[HH]. The summed E-state index contributed by atoms with van der Waals surface area (Å²) >= 11 is 0. The molecule has 4 heterocycles. The molecule has 4 rings (SSSR count). The number of anilines is 4. The minimum absolute atomic E-state index is 0. The maximum atomic E-state index is 11.2. The molecule has 0 spiro atoms. The summed E-state index contributed by atoms with van der Waals surface area (Å²) in [5, 5.41) is 11.2. The van der Waals surface area contributed by atoms with Crippen LogP contribution in [0.2, 0.25) is 0 Å². The second-order valence-electron chi connectivity index (χ2n) is 7.23. The number of nitrogens with zero attached hydrogens (tertiary/aromatic N) is 7.